The van der Waals surface area contributed by atoms with Gasteiger partial charge in [0.15, 0.2) is 0 Å². The molecule has 1 saturated carbocycles. The lowest BCUT2D eigenvalue weighted by Gasteiger charge is -2.29. The molecular formula is C12H25NO. The summed E-state index contributed by atoms with van der Waals surface area (Å²) in [4.78, 5) is 0. The lowest BCUT2D eigenvalue weighted by molar-refractivity contribution is -0.0351. The van der Waals surface area contributed by atoms with Gasteiger partial charge in [-0.3, -0.25) is 0 Å². The zero-order chi connectivity index (χ0) is 10.4. The van der Waals surface area contributed by atoms with Crippen molar-refractivity contribution in [2.75, 3.05) is 13.6 Å². The van der Waals surface area contributed by atoms with Gasteiger partial charge < -0.3 is 10.1 Å². The molecule has 1 unspecified atom stereocenters. The fourth-order valence-electron chi connectivity index (χ4n) is 2.15. The Bertz CT molecular complexity index is 141. The number of likely N-dealkylation sites (N-methyl/N-ethyl adjacent to an activating group) is 1. The van der Waals surface area contributed by atoms with E-state index >= 15 is 0 Å². The molecule has 0 aliphatic heterocycles. The molecule has 0 saturated heterocycles. The van der Waals surface area contributed by atoms with Crippen LogP contribution in [0.25, 0.3) is 0 Å². The van der Waals surface area contributed by atoms with E-state index in [2.05, 4.69) is 19.2 Å². The summed E-state index contributed by atoms with van der Waals surface area (Å²) in [6, 6.07) is 0. The third-order valence-electron chi connectivity index (χ3n) is 3.23. The predicted molar refractivity (Wildman–Crippen MR) is 60.5 cm³/mol. The summed E-state index contributed by atoms with van der Waals surface area (Å²) >= 11 is 0. The summed E-state index contributed by atoms with van der Waals surface area (Å²) in [5.74, 6) is 0.916. The van der Waals surface area contributed by atoms with Crippen molar-refractivity contribution < 1.29 is 4.74 Å². The molecule has 0 spiro atoms. The van der Waals surface area contributed by atoms with Crippen molar-refractivity contribution in [2.24, 2.45) is 5.92 Å². The molecule has 1 aliphatic carbocycles. The van der Waals surface area contributed by atoms with Crippen molar-refractivity contribution in [1.82, 2.24) is 5.32 Å². The standard InChI is InChI=1S/C12H25NO/c1-4-11(9-13-3)14-12-7-5-10(2)6-8-12/h10-13H,4-9H2,1-3H3. The minimum absolute atomic E-state index is 0.415. The first-order valence-corrected chi connectivity index (χ1v) is 6.06. The van der Waals surface area contributed by atoms with Gasteiger partial charge >= 0.3 is 0 Å². The highest BCUT2D eigenvalue weighted by molar-refractivity contribution is 4.72. The third-order valence-corrected chi connectivity index (χ3v) is 3.23. The van der Waals surface area contributed by atoms with E-state index in [4.69, 9.17) is 4.74 Å². The number of nitrogens with one attached hydrogen (secondary N) is 1. The molecule has 0 amide bonds. The van der Waals surface area contributed by atoms with Crippen molar-refractivity contribution in [2.45, 2.75) is 58.2 Å². The van der Waals surface area contributed by atoms with Crippen molar-refractivity contribution >= 4 is 0 Å². The Labute approximate surface area is 88.4 Å². The first kappa shape index (κ1) is 12.0. The van der Waals surface area contributed by atoms with Gasteiger partial charge in [0.25, 0.3) is 0 Å². The summed E-state index contributed by atoms with van der Waals surface area (Å²) in [7, 11) is 2.00. The Hall–Kier alpha value is -0.0800. The van der Waals surface area contributed by atoms with E-state index in [1.165, 1.54) is 25.7 Å². The zero-order valence-electron chi connectivity index (χ0n) is 9.88. The predicted octanol–water partition coefficient (Wildman–Crippen LogP) is 2.58. The second-order valence-electron chi connectivity index (χ2n) is 4.61. The molecule has 0 bridgehead atoms. The first-order chi connectivity index (χ1) is 6.76. The molecule has 0 heterocycles. The van der Waals surface area contributed by atoms with Gasteiger partial charge in [0, 0.05) is 6.54 Å². The van der Waals surface area contributed by atoms with Crippen LogP contribution < -0.4 is 5.32 Å². The molecule has 1 atom stereocenters. The summed E-state index contributed by atoms with van der Waals surface area (Å²) in [5.41, 5.74) is 0. The van der Waals surface area contributed by atoms with Crippen LogP contribution in [0.3, 0.4) is 0 Å². The molecule has 0 aromatic carbocycles. The Morgan fingerprint density at radius 3 is 2.43 bits per heavy atom. The van der Waals surface area contributed by atoms with Crippen LogP contribution in [-0.4, -0.2) is 25.8 Å². The van der Waals surface area contributed by atoms with Crippen LogP contribution in [0.5, 0.6) is 0 Å². The fourth-order valence-corrected chi connectivity index (χ4v) is 2.15. The van der Waals surface area contributed by atoms with Crippen molar-refractivity contribution in [1.29, 1.82) is 0 Å². The zero-order valence-corrected chi connectivity index (χ0v) is 9.88. The van der Waals surface area contributed by atoms with Crippen LogP contribution in [0.15, 0.2) is 0 Å². The highest BCUT2D eigenvalue weighted by Gasteiger charge is 2.20. The second kappa shape index (κ2) is 6.41. The highest BCUT2D eigenvalue weighted by Crippen LogP contribution is 2.26. The number of hydrogen-bond acceptors (Lipinski definition) is 2. The lowest BCUT2D eigenvalue weighted by atomic mass is 9.89. The van der Waals surface area contributed by atoms with Gasteiger partial charge in [-0.05, 0) is 45.1 Å². The normalized spacial score (nSPS) is 30.2. The van der Waals surface area contributed by atoms with Gasteiger partial charge in [0.2, 0.25) is 0 Å². The molecule has 1 aliphatic rings. The number of rotatable bonds is 5. The van der Waals surface area contributed by atoms with Gasteiger partial charge in [0.05, 0.1) is 12.2 Å². The molecule has 2 nitrogen and oxygen atoms in total. The third kappa shape index (κ3) is 3.97. The van der Waals surface area contributed by atoms with Gasteiger partial charge in [-0.2, -0.15) is 0 Å². The van der Waals surface area contributed by atoms with Crippen LogP contribution >= 0.6 is 0 Å². The molecule has 1 fully saturated rings. The van der Waals surface area contributed by atoms with Crippen molar-refractivity contribution in [3.63, 3.8) is 0 Å². The Morgan fingerprint density at radius 2 is 1.93 bits per heavy atom. The second-order valence-corrected chi connectivity index (χ2v) is 4.61. The summed E-state index contributed by atoms with van der Waals surface area (Å²) in [5, 5.41) is 3.19. The van der Waals surface area contributed by atoms with Crippen LogP contribution in [0, 0.1) is 5.92 Å². The van der Waals surface area contributed by atoms with Crippen molar-refractivity contribution in [3.8, 4) is 0 Å². The summed E-state index contributed by atoms with van der Waals surface area (Å²) < 4.78 is 6.07. The van der Waals surface area contributed by atoms with Crippen LogP contribution in [0.2, 0.25) is 0 Å². The maximum Gasteiger partial charge on any atom is 0.0700 e. The van der Waals surface area contributed by atoms with E-state index < -0.39 is 0 Å². The smallest absolute Gasteiger partial charge is 0.0700 e. The number of ether oxygens (including phenoxy) is 1. The molecule has 14 heavy (non-hydrogen) atoms. The summed E-state index contributed by atoms with van der Waals surface area (Å²) in [6.45, 7) is 5.54. The molecule has 84 valence electrons. The van der Waals surface area contributed by atoms with Gasteiger partial charge in [-0.15, -0.1) is 0 Å². The molecule has 0 aromatic rings. The van der Waals surface area contributed by atoms with Crippen LogP contribution in [-0.2, 0) is 4.74 Å². The van der Waals surface area contributed by atoms with Crippen LogP contribution in [0.1, 0.15) is 46.0 Å². The van der Waals surface area contributed by atoms with Gasteiger partial charge in [-0.1, -0.05) is 13.8 Å². The minimum atomic E-state index is 0.415. The van der Waals surface area contributed by atoms with Gasteiger partial charge in [-0.25, -0.2) is 0 Å². The Balaban J connectivity index is 2.21. The van der Waals surface area contributed by atoms with Crippen LogP contribution in [0.4, 0.5) is 0 Å². The molecular weight excluding hydrogens is 174 g/mol. The molecule has 0 aromatic heterocycles. The maximum absolute atomic E-state index is 6.07. The van der Waals surface area contributed by atoms with E-state index in [0.717, 1.165) is 18.9 Å². The van der Waals surface area contributed by atoms with E-state index in [0.29, 0.717) is 12.2 Å². The van der Waals surface area contributed by atoms with E-state index in [1.807, 2.05) is 7.05 Å². The SMILES string of the molecule is CCC(CNC)OC1CCC(C)CC1. The lowest BCUT2D eigenvalue weighted by Crippen LogP contribution is -2.32. The highest BCUT2D eigenvalue weighted by atomic mass is 16.5. The monoisotopic (exact) mass is 199 g/mol. The van der Waals surface area contributed by atoms with E-state index in [9.17, 15) is 0 Å². The Morgan fingerprint density at radius 1 is 1.29 bits per heavy atom. The fraction of sp³-hybridized carbons (Fsp3) is 1.00. The quantitative estimate of drug-likeness (QED) is 0.735. The van der Waals surface area contributed by atoms with E-state index in [-0.39, 0.29) is 0 Å². The maximum atomic E-state index is 6.07. The van der Waals surface area contributed by atoms with Gasteiger partial charge in [0.1, 0.15) is 0 Å². The number of hydrogen-bond donors (Lipinski definition) is 1. The van der Waals surface area contributed by atoms with Crippen molar-refractivity contribution in [3.05, 3.63) is 0 Å². The first-order valence-electron chi connectivity index (χ1n) is 6.06. The topological polar surface area (TPSA) is 21.3 Å². The Kier molecular flexibility index (Phi) is 5.49. The molecule has 0 radical (unpaired) electrons. The molecule has 1 N–H and O–H groups in total. The molecule has 2 heteroatoms. The average Bonchev–Trinajstić information content (AvgIpc) is 2.20. The minimum Gasteiger partial charge on any atom is -0.374 e. The molecule has 1 rings (SSSR count). The average molecular weight is 199 g/mol. The largest absolute Gasteiger partial charge is 0.374 e. The van der Waals surface area contributed by atoms with E-state index in [1.54, 1.807) is 0 Å². The summed E-state index contributed by atoms with van der Waals surface area (Å²) in [6.07, 6.45) is 7.29.